The molecule has 2 nitrogen and oxygen atoms in total. The molecule has 1 atom stereocenters. The zero-order valence-electron chi connectivity index (χ0n) is 7.53. The second-order valence-electron chi connectivity index (χ2n) is 2.77. The summed E-state index contributed by atoms with van der Waals surface area (Å²) in [6.07, 6.45) is 4.50. The third-order valence-electron chi connectivity index (χ3n) is 1.52. The number of aromatic nitrogens is 1. The highest BCUT2D eigenvalue weighted by atomic mass is 79.9. The second kappa shape index (κ2) is 5.02. The van der Waals surface area contributed by atoms with Crippen LogP contribution < -0.4 is 4.74 Å². The number of hydrogen-bond donors (Lipinski definition) is 0. The Morgan fingerprint density at radius 1 is 1.77 bits per heavy atom. The van der Waals surface area contributed by atoms with E-state index in [-0.39, 0.29) is 6.10 Å². The molecule has 0 bridgehead atoms. The Morgan fingerprint density at radius 2 is 2.54 bits per heavy atom. The number of halogens is 1. The maximum atomic E-state index is 5.52. The first kappa shape index (κ1) is 10.3. The molecule has 0 unspecified atom stereocenters. The van der Waals surface area contributed by atoms with Crippen LogP contribution in [0.3, 0.4) is 0 Å². The van der Waals surface area contributed by atoms with Crippen molar-refractivity contribution in [2.45, 2.75) is 19.4 Å². The average molecular weight is 242 g/mol. The third-order valence-corrected chi connectivity index (χ3v) is 2.01. The minimum absolute atomic E-state index is 0.124. The van der Waals surface area contributed by atoms with E-state index in [1.165, 1.54) is 0 Å². The Bertz CT molecular complexity index is 288. The fourth-order valence-corrected chi connectivity index (χ4v) is 1.25. The molecule has 0 saturated carbocycles. The summed E-state index contributed by atoms with van der Waals surface area (Å²) in [4.78, 5) is 4.08. The van der Waals surface area contributed by atoms with Gasteiger partial charge in [-0.15, -0.1) is 6.58 Å². The van der Waals surface area contributed by atoms with Gasteiger partial charge in [0.25, 0.3) is 0 Å². The molecule has 0 amide bonds. The first-order valence-electron chi connectivity index (χ1n) is 4.11. The summed E-state index contributed by atoms with van der Waals surface area (Å²) >= 11 is 3.35. The van der Waals surface area contributed by atoms with Gasteiger partial charge in [0.2, 0.25) is 5.88 Å². The molecule has 0 aliphatic carbocycles. The standard InChI is InChI=1S/C10H12BrNO/c1-3-4-8(2)13-10-7-9(11)5-6-12-10/h3,5-8H,1,4H2,2H3/t8-/m0/s1. The molecule has 0 fully saturated rings. The van der Waals surface area contributed by atoms with Gasteiger partial charge in [0, 0.05) is 23.2 Å². The van der Waals surface area contributed by atoms with Gasteiger partial charge in [-0.05, 0) is 13.0 Å². The Kier molecular flexibility index (Phi) is 3.96. The summed E-state index contributed by atoms with van der Waals surface area (Å²) in [5.74, 6) is 0.642. The first-order chi connectivity index (χ1) is 6.22. The minimum atomic E-state index is 0.124. The van der Waals surface area contributed by atoms with Gasteiger partial charge in [-0.2, -0.15) is 0 Å². The summed E-state index contributed by atoms with van der Waals surface area (Å²) in [7, 11) is 0. The Balaban J connectivity index is 2.58. The van der Waals surface area contributed by atoms with Crippen molar-refractivity contribution in [3.63, 3.8) is 0 Å². The lowest BCUT2D eigenvalue weighted by Gasteiger charge is -2.11. The lowest BCUT2D eigenvalue weighted by Crippen LogP contribution is -2.10. The van der Waals surface area contributed by atoms with E-state index in [0.717, 1.165) is 10.9 Å². The first-order valence-corrected chi connectivity index (χ1v) is 4.91. The van der Waals surface area contributed by atoms with Crippen LogP contribution in [0.4, 0.5) is 0 Å². The van der Waals surface area contributed by atoms with Gasteiger partial charge in [-0.3, -0.25) is 0 Å². The van der Waals surface area contributed by atoms with Crippen LogP contribution in [-0.2, 0) is 0 Å². The molecule has 0 aliphatic rings. The lowest BCUT2D eigenvalue weighted by molar-refractivity contribution is 0.216. The number of ether oxygens (including phenoxy) is 1. The normalized spacial score (nSPS) is 12.2. The molecule has 0 N–H and O–H groups in total. The van der Waals surface area contributed by atoms with Crippen molar-refractivity contribution in [2.75, 3.05) is 0 Å². The Morgan fingerprint density at radius 3 is 3.15 bits per heavy atom. The fourth-order valence-electron chi connectivity index (χ4n) is 0.939. The summed E-state index contributed by atoms with van der Waals surface area (Å²) < 4.78 is 6.50. The number of hydrogen-bond acceptors (Lipinski definition) is 2. The number of nitrogens with zero attached hydrogens (tertiary/aromatic N) is 1. The van der Waals surface area contributed by atoms with E-state index in [0.29, 0.717) is 5.88 Å². The Hall–Kier alpha value is -0.830. The van der Waals surface area contributed by atoms with Crippen molar-refractivity contribution < 1.29 is 4.74 Å². The van der Waals surface area contributed by atoms with E-state index < -0.39 is 0 Å². The highest BCUT2D eigenvalue weighted by molar-refractivity contribution is 9.10. The lowest BCUT2D eigenvalue weighted by atomic mass is 10.3. The predicted molar refractivity (Wildman–Crippen MR) is 56.8 cm³/mol. The number of pyridine rings is 1. The zero-order valence-corrected chi connectivity index (χ0v) is 9.12. The molecule has 3 heteroatoms. The van der Waals surface area contributed by atoms with Crippen LogP contribution in [-0.4, -0.2) is 11.1 Å². The van der Waals surface area contributed by atoms with E-state index >= 15 is 0 Å². The van der Waals surface area contributed by atoms with Crippen LogP contribution in [0.5, 0.6) is 5.88 Å². The molecular formula is C10H12BrNO. The molecule has 1 rings (SSSR count). The molecule has 1 aromatic rings. The topological polar surface area (TPSA) is 22.1 Å². The zero-order chi connectivity index (χ0) is 9.68. The van der Waals surface area contributed by atoms with Crippen molar-refractivity contribution in [1.29, 1.82) is 0 Å². The minimum Gasteiger partial charge on any atom is -0.474 e. The highest BCUT2D eigenvalue weighted by Gasteiger charge is 2.02. The van der Waals surface area contributed by atoms with Crippen LogP contribution in [0.2, 0.25) is 0 Å². The molecule has 0 radical (unpaired) electrons. The van der Waals surface area contributed by atoms with E-state index in [1.54, 1.807) is 6.20 Å². The summed E-state index contributed by atoms with van der Waals surface area (Å²) in [6.45, 7) is 5.64. The second-order valence-corrected chi connectivity index (χ2v) is 3.68. The molecule has 13 heavy (non-hydrogen) atoms. The maximum Gasteiger partial charge on any atom is 0.214 e. The van der Waals surface area contributed by atoms with Gasteiger partial charge in [0.05, 0.1) is 0 Å². The van der Waals surface area contributed by atoms with Crippen LogP contribution >= 0.6 is 15.9 Å². The van der Waals surface area contributed by atoms with Gasteiger partial charge in [0.15, 0.2) is 0 Å². The molecule has 1 heterocycles. The SMILES string of the molecule is C=CC[C@H](C)Oc1cc(Br)ccn1. The van der Waals surface area contributed by atoms with Gasteiger partial charge in [0.1, 0.15) is 6.10 Å². The molecule has 0 aliphatic heterocycles. The maximum absolute atomic E-state index is 5.52. The van der Waals surface area contributed by atoms with Crippen LogP contribution in [0.15, 0.2) is 35.5 Å². The summed E-state index contributed by atoms with van der Waals surface area (Å²) in [6, 6.07) is 3.71. The molecule has 0 saturated heterocycles. The van der Waals surface area contributed by atoms with E-state index in [2.05, 4.69) is 27.5 Å². The largest absolute Gasteiger partial charge is 0.474 e. The molecule has 0 aromatic carbocycles. The van der Waals surface area contributed by atoms with Crippen molar-refractivity contribution in [3.8, 4) is 5.88 Å². The van der Waals surface area contributed by atoms with Crippen LogP contribution in [0.1, 0.15) is 13.3 Å². The quantitative estimate of drug-likeness (QED) is 0.756. The predicted octanol–water partition coefficient (Wildman–Crippen LogP) is 3.19. The van der Waals surface area contributed by atoms with Crippen molar-refractivity contribution in [1.82, 2.24) is 4.98 Å². The van der Waals surface area contributed by atoms with Gasteiger partial charge < -0.3 is 4.74 Å². The summed E-state index contributed by atoms with van der Waals surface area (Å²) in [5, 5.41) is 0. The van der Waals surface area contributed by atoms with Crippen LogP contribution in [0, 0.1) is 0 Å². The van der Waals surface area contributed by atoms with E-state index in [1.807, 2.05) is 25.1 Å². The average Bonchev–Trinajstić information content (AvgIpc) is 2.04. The molecule has 1 aromatic heterocycles. The highest BCUT2D eigenvalue weighted by Crippen LogP contribution is 2.16. The van der Waals surface area contributed by atoms with E-state index in [9.17, 15) is 0 Å². The molecule has 0 spiro atoms. The van der Waals surface area contributed by atoms with Crippen molar-refractivity contribution in [2.24, 2.45) is 0 Å². The molecule has 70 valence electrons. The summed E-state index contributed by atoms with van der Waals surface area (Å²) in [5.41, 5.74) is 0. The fraction of sp³-hybridized carbons (Fsp3) is 0.300. The van der Waals surface area contributed by atoms with Crippen molar-refractivity contribution >= 4 is 15.9 Å². The van der Waals surface area contributed by atoms with Gasteiger partial charge >= 0.3 is 0 Å². The van der Waals surface area contributed by atoms with Crippen molar-refractivity contribution in [3.05, 3.63) is 35.5 Å². The van der Waals surface area contributed by atoms with E-state index in [4.69, 9.17) is 4.74 Å². The molecular weight excluding hydrogens is 230 g/mol. The Labute approximate surface area is 86.8 Å². The van der Waals surface area contributed by atoms with Crippen LogP contribution in [0.25, 0.3) is 0 Å². The third kappa shape index (κ3) is 3.59. The van der Waals surface area contributed by atoms with Gasteiger partial charge in [-0.1, -0.05) is 22.0 Å². The monoisotopic (exact) mass is 241 g/mol. The smallest absolute Gasteiger partial charge is 0.214 e. The van der Waals surface area contributed by atoms with Gasteiger partial charge in [-0.25, -0.2) is 4.98 Å². The number of rotatable bonds is 4.